The van der Waals surface area contributed by atoms with E-state index in [1.54, 1.807) is 6.20 Å². The van der Waals surface area contributed by atoms with Crippen molar-refractivity contribution in [2.45, 2.75) is 25.8 Å². The number of fused-ring (bicyclic) bond motifs is 1. The summed E-state index contributed by atoms with van der Waals surface area (Å²) < 4.78 is 25.5. The van der Waals surface area contributed by atoms with E-state index in [0.717, 1.165) is 48.7 Å². The minimum atomic E-state index is -3.22. The molecule has 8 heteroatoms. The first kappa shape index (κ1) is 16.4. The highest BCUT2D eigenvalue weighted by Crippen LogP contribution is 2.31. The van der Waals surface area contributed by atoms with Gasteiger partial charge in [0.1, 0.15) is 11.5 Å². The van der Waals surface area contributed by atoms with Gasteiger partial charge in [-0.1, -0.05) is 6.07 Å². The van der Waals surface area contributed by atoms with Gasteiger partial charge in [0.05, 0.1) is 11.9 Å². The largest absolute Gasteiger partial charge is 0.356 e. The van der Waals surface area contributed by atoms with Crippen molar-refractivity contribution in [2.24, 2.45) is 0 Å². The molecule has 1 saturated heterocycles. The van der Waals surface area contributed by atoms with Crippen LogP contribution in [0.15, 0.2) is 24.4 Å². The number of pyridine rings is 1. The van der Waals surface area contributed by atoms with Crippen molar-refractivity contribution in [1.82, 2.24) is 19.3 Å². The Hall–Kier alpha value is -2.06. The number of hydrogen-bond acceptors (Lipinski definition) is 6. The third-order valence-electron chi connectivity index (χ3n) is 4.77. The summed E-state index contributed by atoms with van der Waals surface area (Å²) in [6.45, 7) is 2.71. The van der Waals surface area contributed by atoms with Gasteiger partial charge >= 0.3 is 0 Å². The van der Waals surface area contributed by atoms with Crippen LogP contribution < -0.4 is 4.90 Å². The molecule has 0 amide bonds. The molecule has 0 unspecified atom stereocenters. The van der Waals surface area contributed by atoms with E-state index in [1.165, 1.54) is 10.6 Å². The van der Waals surface area contributed by atoms with Crippen molar-refractivity contribution in [1.29, 1.82) is 0 Å². The summed E-state index contributed by atoms with van der Waals surface area (Å²) in [5, 5.41) is 0. The van der Waals surface area contributed by atoms with E-state index in [0.29, 0.717) is 25.3 Å². The Morgan fingerprint density at radius 2 is 1.88 bits per heavy atom. The fourth-order valence-electron chi connectivity index (χ4n) is 3.46. The number of hydrogen-bond donors (Lipinski definition) is 0. The Morgan fingerprint density at radius 1 is 1.08 bits per heavy atom. The van der Waals surface area contributed by atoms with Crippen molar-refractivity contribution in [3.63, 3.8) is 0 Å². The molecule has 0 aliphatic carbocycles. The number of nitrogens with zero attached hydrogens (tertiary/aromatic N) is 5. The first-order valence-electron chi connectivity index (χ1n) is 8.53. The summed E-state index contributed by atoms with van der Waals surface area (Å²) in [5.74, 6) is 1.49. The van der Waals surface area contributed by atoms with Gasteiger partial charge in [-0.05, 0) is 25.0 Å². The highest BCUT2D eigenvalue weighted by Gasteiger charge is 2.30. The molecule has 2 aliphatic heterocycles. The Bertz CT molecular complexity index is 879. The second kappa shape index (κ2) is 6.34. The highest BCUT2D eigenvalue weighted by molar-refractivity contribution is 7.88. The van der Waals surface area contributed by atoms with E-state index in [1.807, 2.05) is 18.2 Å². The molecule has 1 fully saturated rings. The van der Waals surface area contributed by atoms with Crippen LogP contribution in [0.5, 0.6) is 0 Å². The van der Waals surface area contributed by atoms with Crippen molar-refractivity contribution < 1.29 is 8.42 Å². The molecular formula is C17H21N5O2S. The number of rotatable bonds is 3. The molecular weight excluding hydrogens is 338 g/mol. The van der Waals surface area contributed by atoms with Crippen LogP contribution in [0.25, 0.3) is 11.5 Å². The smallest absolute Gasteiger partial charge is 0.211 e. The number of sulfonamides is 1. The fraction of sp³-hybridized carbons (Fsp3) is 0.471. The van der Waals surface area contributed by atoms with Gasteiger partial charge in [0.15, 0.2) is 5.82 Å². The lowest BCUT2D eigenvalue weighted by molar-refractivity contribution is 0.390. The van der Waals surface area contributed by atoms with E-state index < -0.39 is 10.0 Å². The molecule has 0 aromatic carbocycles. The van der Waals surface area contributed by atoms with Crippen LogP contribution in [0.4, 0.5) is 5.82 Å². The molecule has 0 radical (unpaired) electrons. The summed E-state index contributed by atoms with van der Waals surface area (Å²) in [7, 11) is -3.22. The molecule has 0 atom stereocenters. The van der Waals surface area contributed by atoms with Gasteiger partial charge in [-0.3, -0.25) is 4.98 Å². The summed E-state index contributed by atoms with van der Waals surface area (Å²) >= 11 is 0. The minimum Gasteiger partial charge on any atom is -0.356 e. The minimum absolute atomic E-state index is 0.350. The van der Waals surface area contributed by atoms with Crippen LogP contribution in [0.2, 0.25) is 0 Å². The Balaban J connectivity index is 1.81. The van der Waals surface area contributed by atoms with Gasteiger partial charge in [0.25, 0.3) is 0 Å². The predicted octanol–water partition coefficient (Wildman–Crippen LogP) is 1.46. The fourth-order valence-corrected chi connectivity index (χ4v) is 4.24. The molecule has 0 bridgehead atoms. The molecule has 7 nitrogen and oxygen atoms in total. The second-order valence-corrected chi connectivity index (χ2v) is 8.53. The normalized spacial score (nSPS) is 18.4. The van der Waals surface area contributed by atoms with Gasteiger partial charge in [0, 0.05) is 44.4 Å². The first-order chi connectivity index (χ1) is 12.0. The van der Waals surface area contributed by atoms with Crippen LogP contribution in [0, 0.1) is 0 Å². The molecule has 0 N–H and O–H groups in total. The van der Waals surface area contributed by atoms with E-state index in [9.17, 15) is 8.42 Å². The van der Waals surface area contributed by atoms with Gasteiger partial charge < -0.3 is 4.90 Å². The zero-order valence-corrected chi connectivity index (χ0v) is 15.0. The van der Waals surface area contributed by atoms with Gasteiger partial charge in [-0.25, -0.2) is 18.4 Å². The highest BCUT2D eigenvalue weighted by atomic mass is 32.2. The molecule has 0 saturated carbocycles. The molecule has 2 aromatic heterocycles. The number of anilines is 1. The lowest BCUT2D eigenvalue weighted by Crippen LogP contribution is -2.37. The quantitative estimate of drug-likeness (QED) is 0.825. The Kier molecular flexibility index (Phi) is 4.16. The van der Waals surface area contributed by atoms with Crippen LogP contribution in [-0.4, -0.2) is 53.6 Å². The second-order valence-electron chi connectivity index (χ2n) is 6.55. The van der Waals surface area contributed by atoms with Crippen molar-refractivity contribution in [3.05, 3.63) is 35.7 Å². The van der Waals surface area contributed by atoms with Crippen molar-refractivity contribution >= 4 is 15.8 Å². The third-order valence-corrected chi connectivity index (χ3v) is 6.02. The van der Waals surface area contributed by atoms with Gasteiger partial charge in [-0.15, -0.1) is 0 Å². The van der Waals surface area contributed by atoms with Gasteiger partial charge in [0.2, 0.25) is 10.0 Å². The first-order valence-corrected chi connectivity index (χ1v) is 10.4. The lowest BCUT2D eigenvalue weighted by atomic mass is 10.1. The zero-order valence-electron chi connectivity index (χ0n) is 14.2. The molecule has 2 aromatic rings. The standard InChI is InChI=1S/C17H21N5O2S/c1-25(23,24)22-11-7-14-13(12-22)17(21-9-4-5-10-21)20-16(19-14)15-6-2-3-8-18-15/h2-3,6,8H,4-5,7,9-12H2,1H3. The van der Waals surface area contributed by atoms with E-state index >= 15 is 0 Å². The van der Waals surface area contributed by atoms with E-state index in [4.69, 9.17) is 9.97 Å². The van der Waals surface area contributed by atoms with Crippen LogP contribution in [0.1, 0.15) is 24.1 Å². The van der Waals surface area contributed by atoms with Crippen LogP contribution >= 0.6 is 0 Å². The summed E-state index contributed by atoms with van der Waals surface area (Å²) in [6.07, 6.45) is 5.86. The maximum atomic E-state index is 12.0. The predicted molar refractivity (Wildman–Crippen MR) is 95.7 cm³/mol. The molecule has 0 spiro atoms. The van der Waals surface area contributed by atoms with Crippen molar-refractivity contribution in [3.8, 4) is 11.5 Å². The molecule has 2 aliphatic rings. The summed E-state index contributed by atoms with van der Waals surface area (Å²) in [6, 6.07) is 5.69. The van der Waals surface area contributed by atoms with Crippen molar-refractivity contribution in [2.75, 3.05) is 30.8 Å². The van der Waals surface area contributed by atoms with Gasteiger partial charge in [-0.2, -0.15) is 4.31 Å². The third kappa shape index (κ3) is 3.23. The summed E-state index contributed by atoms with van der Waals surface area (Å²) in [5.41, 5.74) is 2.63. The molecule has 4 rings (SSSR count). The molecule has 25 heavy (non-hydrogen) atoms. The van der Waals surface area contributed by atoms with E-state index in [-0.39, 0.29) is 0 Å². The zero-order chi connectivity index (χ0) is 17.4. The topological polar surface area (TPSA) is 79.3 Å². The maximum absolute atomic E-state index is 12.0. The molecule has 4 heterocycles. The van der Waals surface area contributed by atoms with Crippen LogP contribution in [0.3, 0.4) is 0 Å². The van der Waals surface area contributed by atoms with Crippen LogP contribution in [-0.2, 0) is 23.0 Å². The summed E-state index contributed by atoms with van der Waals surface area (Å²) in [4.78, 5) is 16.1. The lowest BCUT2D eigenvalue weighted by Gasteiger charge is -2.30. The average Bonchev–Trinajstić information content (AvgIpc) is 3.15. The Labute approximate surface area is 147 Å². The monoisotopic (exact) mass is 359 g/mol. The molecule has 132 valence electrons. The Morgan fingerprint density at radius 3 is 2.56 bits per heavy atom. The van der Waals surface area contributed by atoms with E-state index in [2.05, 4.69) is 9.88 Å². The average molecular weight is 359 g/mol. The SMILES string of the molecule is CS(=O)(=O)N1CCc2nc(-c3ccccn3)nc(N3CCCC3)c2C1. The maximum Gasteiger partial charge on any atom is 0.211 e. The number of aromatic nitrogens is 3.